The summed E-state index contributed by atoms with van der Waals surface area (Å²) in [6, 6.07) is 14.7. The lowest BCUT2D eigenvalue weighted by Gasteiger charge is -2.30. The van der Waals surface area contributed by atoms with Crippen LogP contribution in [0.5, 0.6) is 11.5 Å². The number of aryl methyl sites for hydroxylation is 1. The summed E-state index contributed by atoms with van der Waals surface area (Å²) >= 11 is 0. The van der Waals surface area contributed by atoms with Gasteiger partial charge in [-0.05, 0) is 55.0 Å². The first kappa shape index (κ1) is 15.7. The van der Waals surface area contributed by atoms with Gasteiger partial charge in [0.05, 0.1) is 19.3 Å². The molecule has 5 rings (SSSR count). The molecule has 0 aromatic heterocycles. The first-order valence-corrected chi connectivity index (χ1v) is 9.61. The molecule has 1 saturated carbocycles. The fraction of sp³-hybridized carbons (Fsp3) is 0.409. The maximum absolute atomic E-state index is 13.4. The zero-order chi connectivity index (χ0) is 17.5. The number of carbonyl (C=O) groups is 1. The van der Waals surface area contributed by atoms with Crippen molar-refractivity contribution in [2.75, 3.05) is 13.2 Å². The van der Waals surface area contributed by atoms with Crippen LogP contribution in [0.4, 0.5) is 0 Å². The number of hydrogen-bond acceptors (Lipinski definition) is 3. The molecule has 1 heterocycles. The van der Waals surface area contributed by atoms with Crippen LogP contribution in [0.1, 0.15) is 53.2 Å². The van der Waals surface area contributed by atoms with Crippen molar-refractivity contribution in [2.24, 2.45) is 0 Å². The Morgan fingerprint density at radius 2 is 1.77 bits per heavy atom. The Morgan fingerprint density at radius 3 is 2.62 bits per heavy atom. The summed E-state index contributed by atoms with van der Waals surface area (Å²) in [5.41, 5.74) is 3.40. The third-order valence-corrected chi connectivity index (χ3v) is 5.61. The van der Waals surface area contributed by atoms with Crippen molar-refractivity contribution < 1.29 is 14.3 Å². The van der Waals surface area contributed by atoms with Crippen LogP contribution in [0.3, 0.4) is 0 Å². The highest BCUT2D eigenvalue weighted by Crippen LogP contribution is 2.43. The van der Waals surface area contributed by atoms with E-state index >= 15 is 0 Å². The van der Waals surface area contributed by atoms with Crippen LogP contribution in [-0.4, -0.2) is 30.1 Å². The van der Waals surface area contributed by atoms with Gasteiger partial charge < -0.3 is 14.4 Å². The van der Waals surface area contributed by atoms with Crippen LogP contribution >= 0.6 is 0 Å². The van der Waals surface area contributed by atoms with Gasteiger partial charge in [0.25, 0.3) is 5.91 Å². The number of amides is 1. The summed E-state index contributed by atoms with van der Waals surface area (Å²) in [5.74, 6) is 1.55. The van der Waals surface area contributed by atoms with Crippen LogP contribution in [0, 0.1) is 0 Å². The van der Waals surface area contributed by atoms with E-state index in [1.54, 1.807) is 0 Å². The summed E-state index contributed by atoms with van der Waals surface area (Å²) in [4.78, 5) is 15.6. The van der Waals surface area contributed by atoms with Crippen LogP contribution in [0.2, 0.25) is 0 Å². The Kier molecular flexibility index (Phi) is 3.84. The molecule has 0 spiro atoms. The lowest BCUT2D eigenvalue weighted by molar-refractivity contribution is 0.0657. The van der Waals surface area contributed by atoms with E-state index in [2.05, 4.69) is 29.2 Å². The summed E-state index contributed by atoms with van der Waals surface area (Å²) in [5, 5.41) is 0. The van der Waals surface area contributed by atoms with E-state index in [4.69, 9.17) is 9.47 Å². The molecule has 1 amide bonds. The highest BCUT2D eigenvalue weighted by atomic mass is 16.5. The molecule has 3 aliphatic rings. The number of carbonyl (C=O) groups excluding carboxylic acids is 1. The molecule has 2 aliphatic carbocycles. The predicted octanol–water partition coefficient (Wildman–Crippen LogP) is 4.14. The number of nitrogens with zero attached hydrogens (tertiary/aromatic N) is 1. The Hall–Kier alpha value is -2.49. The largest absolute Gasteiger partial charge is 0.490 e. The molecule has 0 bridgehead atoms. The second-order valence-electron chi connectivity index (χ2n) is 7.41. The van der Waals surface area contributed by atoms with Crippen LogP contribution in [0.15, 0.2) is 42.5 Å². The van der Waals surface area contributed by atoms with E-state index in [9.17, 15) is 4.79 Å². The van der Waals surface area contributed by atoms with Gasteiger partial charge in [-0.25, -0.2) is 0 Å². The van der Waals surface area contributed by atoms with Crippen molar-refractivity contribution in [3.05, 3.63) is 59.2 Å². The third-order valence-electron chi connectivity index (χ3n) is 5.61. The Labute approximate surface area is 153 Å². The molecule has 0 N–H and O–H groups in total. The monoisotopic (exact) mass is 349 g/mol. The minimum atomic E-state index is 0.116. The number of ether oxygens (including phenoxy) is 2. The zero-order valence-corrected chi connectivity index (χ0v) is 14.8. The highest BCUT2D eigenvalue weighted by Gasteiger charge is 2.40. The van der Waals surface area contributed by atoms with E-state index in [1.165, 1.54) is 11.1 Å². The average molecular weight is 349 g/mol. The van der Waals surface area contributed by atoms with Crippen LogP contribution < -0.4 is 9.47 Å². The van der Waals surface area contributed by atoms with E-state index in [1.807, 2.05) is 18.2 Å². The lowest BCUT2D eigenvalue weighted by atomic mass is 10.0. The first-order valence-electron chi connectivity index (χ1n) is 9.61. The van der Waals surface area contributed by atoms with Gasteiger partial charge in [-0.3, -0.25) is 4.79 Å². The summed E-state index contributed by atoms with van der Waals surface area (Å²) in [6.07, 6.45) is 5.15. The first-order chi connectivity index (χ1) is 12.8. The molecular weight excluding hydrogens is 326 g/mol. The average Bonchev–Trinajstić information content (AvgIpc) is 3.45. The van der Waals surface area contributed by atoms with Crippen molar-refractivity contribution in [3.8, 4) is 11.5 Å². The normalized spacial score (nSPS) is 21.0. The number of rotatable bonds is 3. The molecule has 1 unspecified atom stereocenters. The fourth-order valence-corrected chi connectivity index (χ4v) is 4.18. The standard InChI is InChI=1S/C22H23NO3/c24-22(16-7-11-20-21(14-16)26-13-3-12-25-20)23(17-8-9-17)19-10-6-15-4-1-2-5-18(15)19/h1-2,4-5,7,11,14,17,19H,3,6,8-10,12-13H2. The van der Waals surface area contributed by atoms with Crippen molar-refractivity contribution in [1.82, 2.24) is 4.90 Å². The minimum absolute atomic E-state index is 0.116. The van der Waals surface area contributed by atoms with E-state index in [0.29, 0.717) is 30.6 Å². The second kappa shape index (κ2) is 6.35. The fourth-order valence-electron chi connectivity index (χ4n) is 4.18. The van der Waals surface area contributed by atoms with Crippen LogP contribution in [-0.2, 0) is 6.42 Å². The van der Waals surface area contributed by atoms with Gasteiger partial charge in [-0.2, -0.15) is 0 Å². The van der Waals surface area contributed by atoms with E-state index < -0.39 is 0 Å². The SMILES string of the molecule is O=C(c1ccc2c(c1)OCCCO2)N(C1CC1)C1CCc2ccccc21. The summed E-state index contributed by atoms with van der Waals surface area (Å²) < 4.78 is 11.5. The molecule has 26 heavy (non-hydrogen) atoms. The third kappa shape index (κ3) is 2.74. The van der Waals surface area contributed by atoms with Gasteiger partial charge in [-0.15, -0.1) is 0 Å². The summed E-state index contributed by atoms with van der Waals surface area (Å²) in [6.45, 7) is 1.29. The molecule has 1 aliphatic heterocycles. The number of hydrogen-bond donors (Lipinski definition) is 0. The molecule has 0 radical (unpaired) electrons. The molecule has 1 atom stereocenters. The van der Waals surface area contributed by atoms with Crippen molar-refractivity contribution in [2.45, 2.75) is 44.2 Å². The second-order valence-corrected chi connectivity index (χ2v) is 7.41. The minimum Gasteiger partial charge on any atom is -0.490 e. The molecule has 2 aromatic rings. The predicted molar refractivity (Wildman–Crippen MR) is 98.7 cm³/mol. The van der Waals surface area contributed by atoms with Gasteiger partial charge >= 0.3 is 0 Å². The van der Waals surface area contributed by atoms with Gasteiger partial charge in [0.15, 0.2) is 11.5 Å². The van der Waals surface area contributed by atoms with Crippen molar-refractivity contribution in [3.63, 3.8) is 0 Å². The van der Waals surface area contributed by atoms with Crippen molar-refractivity contribution in [1.29, 1.82) is 0 Å². The molecule has 134 valence electrons. The van der Waals surface area contributed by atoms with Gasteiger partial charge in [0.2, 0.25) is 0 Å². The Balaban J connectivity index is 1.47. The van der Waals surface area contributed by atoms with E-state index in [-0.39, 0.29) is 11.9 Å². The molecule has 4 heteroatoms. The topological polar surface area (TPSA) is 38.8 Å². The maximum Gasteiger partial charge on any atom is 0.254 e. The van der Waals surface area contributed by atoms with E-state index in [0.717, 1.165) is 37.9 Å². The summed E-state index contributed by atoms with van der Waals surface area (Å²) in [7, 11) is 0. The Morgan fingerprint density at radius 1 is 0.962 bits per heavy atom. The van der Waals surface area contributed by atoms with Gasteiger partial charge in [0.1, 0.15) is 0 Å². The van der Waals surface area contributed by atoms with Crippen molar-refractivity contribution >= 4 is 5.91 Å². The number of benzene rings is 2. The quantitative estimate of drug-likeness (QED) is 0.836. The molecule has 0 saturated heterocycles. The molecular formula is C22H23NO3. The van der Waals surface area contributed by atoms with Crippen LogP contribution in [0.25, 0.3) is 0 Å². The molecule has 2 aromatic carbocycles. The maximum atomic E-state index is 13.4. The smallest absolute Gasteiger partial charge is 0.254 e. The van der Waals surface area contributed by atoms with Gasteiger partial charge in [0, 0.05) is 18.0 Å². The lowest BCUT2D eigenvalue weighted by Crippen LogP contribution is -2.36. The molecule has 4 nitrogen and oxygen atoms in total. The number of fused-ring (bicyclic) bond motifs is 2. The van der Waals surface area contributed by atoms with Gasteiger partial charge in [-0.1, -0.05) is 24.3 Å². The zero-order valence-electron chi connectivity index (χ0n) is 14.8. The Bertz CT molecular complexity index is 843. The molecule has 1 fully saturated rings. The highest BCUT2D eigenvalue weighted by molar-refractivity contribution is 5.95.